The van der Waals surface area contributed by atoms with Crippen molar-refractivity contribution in [1.82, 2.24) is 9.55 Å². The molecule has 0 amide bonds. The Morgan fingerprint density at radius 2 is 1.79 bits per heavy atom. The van der Waals surface area contributed by atoms with Gasteiger partial charge in [-0.25, -0.2) is 4.79 Å². The van der Waals surface area contributed by atoms with Gasteiger partial charge in [0.05, 0.1) is 39.2 Å². The molecule has 8 nitrogen and oxygen atoms in total. The molecule has 3 atom stereocenters. The van der Waals surface area contributed by atoms with Crippen molar-refractivity contribution in [2.45, 2.75) is 38.1 Å². The molecular formula is C24H25FN2O6. The zero-order valence-electron chi connectivity index (χ0n) is 18.1. The van der Waals surface area contributed by atoms with Crippen LogP contribution in [0.3, 0.4) is 0 Å². The predicted octanol–water partition coefficient (Wildman–Crippen LogP) is 2.77. The first-order chi connectivity index (χ1) is 16.0. The van der Waals surface area contributed by atoms with E-state index in [9.17, 15) is 14.0 Å². The molecule has 0 radical (unpaired) electrons. The molecule has 1 aliphatic rings. The fraction of sp³-hybridized carbons (Fsp3) is 0.333. The molecule has 1 aliphatic heterocycles. The molecule has 1 saturated heterocycles. The highest BCUT2D eigenvalue weighted by atomic mass is 19.1. The Labute approximate surface area is 189 Å². The van der Waals surface area contributed by atoms with Crippen LogP contribution in [0.2, 0.25) is 0 Å². The van der Waals surface area contributed by atoms with E-state index in [-0.39, 0.29) is 6.61 Å². The number of methoxy groups -OCH3 is 1. The monoisotopic (exact) mass is 456 g/mol. The van der Waals surface area contributed by atoms with Gasteiger partial charge in [-0.05, 0) is 23.3 Å². The molecule has 2 aromatic carbocycles. The second-order valence-corrected chi connectivity index (χ2v) is 7.71. The molecule has 0 saturated carbocycles. The fourth-order valence-electron chi connectivity index (χ4n) is 3.66. The van der Waals surface area contributed by atoms with Crippen LogP contribution >= 0.6 is 0 Å². The average molecular weight is 456 g/mol. The van der Waals surface area contributed by atoms with E-state index in [2.05, 4.69) is 0 Å². The number of halogens is 1. The van der Waals surface area contributed by atoms with Gasteiger partial charge in [0.25, 0.3) is 5.56 Å². The first kappa shape index (κ1) is 22.9. The number of aromatic amines is 1. The van der Waals surface area contributed by atoms with E-state index in [1.165, 1.54) is 0 Å². The van der Waals surface area contributed by atoms with E-state index in [4.69, 9.17) is 18.9 Å². The second-order valence-electron chi connectivity index (χ2n) is 7.71. The summed E-state index contributed by atoms with van der Waals surface area (Å²) >= 11 is 0. The lowest BCUT2D eigenvalue weighted by Crippen LogP contribution is -2.34. The van der Waals surface area contributed by atoms with Gasteiger partial charge in [0.15, 0.2) is 0 Å². The largest absolute Gasteiger partial charge is 0.497 e. The Balaban J connectivity index is 1.45. The summed E-state index contributed by atoms with van der Waals surface area (Å²) in [7, 11) is 1.60. The molecular weight excluding hydrogens is 431 g/mol. The van der Waals surface area contributed by atoms with Crippen molar-refractivity contribution < 1.29 is 23.3 Å². The number of aromatic nitrogens is 2. The molecule has 3 aromatic rings. The summed E-state index contributed by atoms with van der Waals surface area (Å²) in [5, 5.41) is 0. The van der Waals surface area contributed by atoms with Crippen LogP contribution < -0.4 is 16.0 Å². The van der Waals surface area contributed by atoms with E-state index >= 15 is 0 Å². The smallest absolute Gasteiger partial charge is 0.330 e. The summed E-state index contributed by atoms with van der Waals surface area (Å²) in [6, 6.07) is 17.2. The number of benzene rings is 2. The van der Waals surface area contributed by atoms with E-state index in [0.717, 1.165) is 27.6 Å². The molecule has 2 heterocycles. The quantitative estimate of drug-likeness (QED) is 0.533. The summed E-state index contributed by atoms with van der Waals surface area (Å²) in [6.45, 7) is 0.928. The van der Waals surface area contributed by atoms with Gasteiger partial charge in [-0.1, -0.05) is 42.5 Å². The van der Waals surface area contributed by atoms with E-state index in [1.54, 1.807) is 7.11 Å². The van der Waals surface area contributed by atoms with Crippen LogP contribution in [0.25, 0.3) is 0 Å². The summed E-state index contributed by atoms with van der Waals surface area (Å²) < 4.78 is 37.9. The lowest BCUT2D eigenvalue weighted by molar-refractivity contribution is -0.0833. The number of hydrogen-bond donors (Lipinski definition) is 1. The molecule has 0 bridgehead atoms. The first-order valence-corrected chi connectivity index (χ1v) is 10.6. The summed E-state index contributed by atoms with van der Waals surface area (Å²) in [4.78, 5) is 25.5. The molecule has 1 N–H and O–H groups in total. The highest BCUT2D eigenvalue weighted by molar-refractivity contribution is 5.26. The maximum absolute atomic E-state index is 13.8. The number of nitrogens with zero attached hydrogens (tertiary/aromatic N) is 1. The summed E-state index contributed by atoms with van der Waals surface area (Å²) in [5.41, 5.74) is 0.146. The highest BCUT2D eigenvalue weighted by Gasteiger charge is 2.38. The minimum Gasteiger partial charge on any atom is -0.497 e. The van der Waals surface area contributed by atoms with Gasteiger partial charge in [0, 0.05) is 6.42 Å². The lowest BCUT2D eigenvalue weighted by Gasteiger charge is -2.19. The SMILES string of the molecule is COc1ccc(CO[C@H]2C[C@H](n3cc(F)c(=O)[nH]c3=O)O[C@@H]2COCc2ccccc2)cc1. The van der Waals surface area contributed by atoms with Crippen molar-refractivity contribution in [1.29, 1.82) is 0 Å². The topological polar surface area (TPSA) is 91.8 Å². The highest BCUT2D eigenvalue weighted by Crippen LogP contribution is 2.31. The van der Waals surface area contributed by atoms with Gasteiger partial charge < -0.3 is 18.9 Å². The Kier molecular flexibility index (Phi) is 7.33. The van der Waals surface area contributed by atoms with Gasteiger partial charge in [0.2, 0.25) is 5.82 Å². The standard InChI is InChI=1S/C24H25FN2O6/c1-30-18-9-7-17(8-10-18)14-32-20-11-22(27-12-19(25)23(28)26-24(27)29)33-21(20)15-31-13-16-5-3-2-4-6-16/h2-10,12,20-22H,11,13-15H2,1H3,(H,26,28,29)/t20-,21+,22+/m0/s1. The minimum atomic E-state index is -1.07. The van der Waals surface area contributed by atoms with Gasteiger partial charge in [-0.3, -0.25) is 14.3 Å². The Morgan fingerprint density at radius 1 is 1.06 bits per heavy atom. The molecule has 1 aromatic heterocycles. The molecule has 33 heavy (non-hydrogen) atoms. The number of nitrogens with one attached hydrogen (secondary N) is 1. The molecule has 0 aliphatic carbocycles. The first-order valence-electron chi connectivity index (χ1n) is 10.6. The third kappa shape index (κ3) is 5.75. The normalized spacial score (nSPS) is 20.1. The van der Waals surface area contributed by atoms with Crippen molar-refractivity contribution in [3.63, 3.8) is 0 Å². The lowest BCUT2D eigenvalue weighted by atomic mass is 10.1. The van der Waals surface area contributed by atoms with Crippen molar-refractivity contribution >= 4 is 0 Å². The van der Waals surface area contributed by atoms with Crippen LogP contribution in [-0.2, 0) is 27.4 Å². The van der Waals surface area contributed by atoms with Gasteiger partial charge in [-0.15, -0.1) is 0 Å². The zero-order valence-corrected chi connectivity index (χ0v) is 18.1. The van der Waals surface area contributed by atoms with E-state index in [0.29, 0.717) is 19.6 Å². The van der Waals surface area contributed by atoms with Crippen LogP contribution in [0.4, 0.5) is 4.39 Å². The summed E-state index contributed by atoms with van der Waals surface area (Å²) in [6.07, 6.45) is -0.538. The minimum absolute atomic E-state index is 0.221. The van der Waals surface area contributed by atoms with E-state index < -0.39 is 35.5 Å². The number of ether oxygens (including phenoxy) is 4. The maximum atomic E-state index is 13.8. The van der Waals surface area contributed by atoms with Crippen molar-refractivity contribution in [3.8, 4) is 5.75 Å². The van der Waals surface area contributed by atoms with Crippen molar-refractivity contribution in [2.24, 2.45) is 0 Å². The molecule has 4 rings (SSSR count). The van der Waals surface area contributed by atoms with Crippen molar-refractivity contribution in [3.05, 3.63) is 98.6 Å². The molecule has 1 fully saturated rings. The Morgan fingerprint density at radius 3 is 2.52 bits per heavy atom. The van der Waals surface area contributed by atoms with Crippen LogP contribution in [-0.4, -0.2) is 35.5 Å². The molecule has 174 valence electrons. The summed E-state index contributed by atoms with van der Waals surface area (Å²) in [5.74, 6) is -0.313. The average Bonchev–Trinajstić information content (AvgIpc) is 3.23. The fourth-order valence-corrected chi connectivity index (χ4v) is 3.66. The Bertz CT molecular complexity index is 1160. The molecule has 0 spiro atoms. The zero-order chi connectivity index (χ0) is 23.2. The van der Waals surface area contributed by atoms with E-state index in [1.807, 2.05) is 59.6 Å². The number of H-pyrrole nitrogens is 1. The predicted molar refractivity (Wildman–Crippen MR) is 117 cm³/mol. The van der Waals surface area contributed by atoms with Crippen LogP contribution in [0.15, 0.2) is 70.4 Å². The number of hydrogen-bond acceptors (Lipinski definition) is 6. The third-order valence-electron chi connectivity index (χ3n) is 5.43. The molecule has 0 unspecified atom stereocenters. The van der Waals surface area contributed by atoms with Gasteiger partial charge >= 0.3 is 5.69 Å². The number of rotatable bonds is 9. The Hall–Kier alpha value is -3.27. The second kappa shape index (κ2) is 10.6. The van der Waals surface area contributed by atoms with Gasteiger partial charge in [0.1, 0.15) is 18.1 Å². The third-order valence-corrected chi connectivity index (χ3v) is 5.43. The van der Waals surface area contributed by atoms with Crippen LogP contribution in [0.1, 0.15) is 23.8 Å². The van der Waals surface area contributed by atoms with Crippen LogP contribution in [0.5, 0.6) is 5.75 Å². The molecule has 9 heteroatoms. The van der Waals surface area contributed by atoms with Gasteiger partial charge in [-0.2, -0.15) is 4.39 Å². The van der Waals surface area contributed by atoms with Crippen LogP contribution in [0, 0.1) is 5.82 Å². The maximum Gasteiger partial charge on any atom is 0.330 e. The van der Waals surface area contributed by atoms with Crippen molar-refractivity contribution in [2.75, 3.05) is 13.7 Å².